The highest BCUT2D eigenvalue weighted by Crippen LogP contribution is 2.24. The Morgan fingerprint density at radius 3 is 3.00 bits per heavy atom. The van der Waals surface area contributed by atoms with Crippen LogP contribution in [0.25, 0.3) is 0 Å². The molecular formula is C17H29ClN6O. The number of nitrogens with zero attached hydrogens (tertiary/aromatic N) is 3. The predicted molar refractivity (Wildman–Crippen MR) is 102 cm³/mol. The average molecular weight is 369 g/mol. The first-order valence-electron chi connectivity index (χ1n) is 8.95. The van der Waals surface area contributed by atoms with Gasteiger partial charge in [-0.15, -0.1) is 12.4 Å². The lowest BCUT2D eigenvalue weighted by Gasteiger charge is -2.29. The second-order valence-electron chi connectivity index (χ2n) is 6.82. The molecule has 140 valence electrons. The first-order chi connectivity index (χ1) is 11.7. The molecule has 8 heteroatoms. The van der Waals surface area contributed by atoms with E-state index >= 15 is 0 Å². The van der Waals surface area contributed by atoms with Crippen LogP contribution in [0.2, 0.25) is 0 Å². The van der Waals surface area contributed by atoms with Gasteiger partial charge in [-0.1, -0.05) is 0 Å². The maximum atomic E-state index is 12.5. The Bertz CT molecular complexity index is 572. The summed E-state index contributed by atoms with van der Waals surface area (Å²) in [5.74, 6) is 2.10. The number of nitrogens with one attached hydrogen (secondary N) is 3. The number of anilines is 2. The minimum Gasteiger partial charge on any atom is -0.373 e. The molecule has 3 heterocycles. The first kappa shape index (κ1) is 19.7. The number of amides is 1. The van der Waals surface area contributed by atoms with Gasteiger partial charge in [0.05, 0.1) is 0 Å². The van der Waals surface area contributed by atoms with E-state index in [2.05, 4.69) is 37.7 Å². The van der Waals surface area contributed by atoms with Crippen LogP contribution in [-0.4, -0.2) is 54.6 Å². The van der Waals surface area contributed by atoms with Gasteiger partial charge in [-0.2, -0.15) is 0 Å². The van der Waals surface area contributed by atoms with Gasteiger partial charge >= 0.3 is 0 Å². The molecule has 0 aromatic carbocycles. The fraction of sp³-hybridized carbons (Fsp3) is 0.706. The zero-order chi connectivity index (χ0) is 16.9. The normalized spacial score (nSPS) is 26.0. The maximum Gasteiger partial charge on any atom is 0.223 e. The van der Waals surface area contributed by atoms with Crippen molar-refractivity contribution in [1.29, 1.82) is 0 Å². The summed E-state index contributed by atoms with van der Waals surface area (Å²) in [4.78, 5) is 23.3. The number of halogens is 1. The van der Waals surface area contributed by atoms with Crippen LogP contribution in [0.4, 0.5) is 11.6 Å². The van der Waals surface area contributed by atoms with Gasteiger partial charge in [0.1, 0.15) is 18.0 Å². The predicted octanol–water partition coefficient (Wildman–Crippen LogP) is 1.41. The van der Waals surface area contributed by atoms with Crippen LogP contribution < -0.4 is 20.9 Å². The number of piperidine rings is 1. The van der Waals surface area contributed by atoms with Crippen molar-refractivity contribution in [2.75, 3.05) is 36.9 Å². The van der Waals surface area contributed by atoms with Crippen LogP contribution >= 0.6 is 12.4 Å². The van der Waals surface area contributed by atoms with Gasteiger partial charge in [0.15, 0.2) is 0 Å². The summed E-state index contributed by atoms with van der Waals surface area (Å²) in [5.41, 5.74) is 0. The lowest BCUT2D eigenvalue weighted by Crippen LogP contribution is -2.46. The summed E-state index contributed by atoms with van der Waals surface area (Å²) < 4.78 is 0. The number of rotatable bonds is 5. The minimum absolute atomic E-state index is 0. The van der Waals surface area contributed by atoms with E-state index in [-0.39, 0.29) is 24.2 Å². The van der Waals surface area contributed by atoms with E-state index < -0.39 is 0 Å². The number of carbonyl (C=O) groups excluding carboxylic acids is 1. The fourth-order valence-electron chi connectivity index (χ4n) is 3.72. The molecule has 1 aromatic heterocycles. The molecule has 1 aromatic rings. The Hall–Kier alpha value is -1.60. The summed E-state index contributed by atoms with van der Waals surface area (Å²) in [6.07, 6.45) is 5.66. The van der Waals surface area contributed by atoms with E-state index in [4.69, 9.17) is 0 Å². The molecule has 2 fully saturated rings. The Morgan fingerprint density at radius 2 is 2.24 bits per heavy atom. The Labute approximate surface area is 155 Å². The fourth-order valence-corrected chi connectivity index (χ4v) is 3.72. The molecule has 25 heavy (non-hydrogen) atoms. The maximum absolute atomic E-state index is 12.5. The minimum atomic E-state index is 0. The highest BCUT2D eigenvalue weighted by molar-refractivity contribution is 5.85. The summed E-state index contributed by atoms with van der Waals surface area (Å²) in [5, 5.41) is 9.62. The molecule has 3 atom stereocenters. The number of carbonyl (C=O) groups is 1. The summed E-state index contributed by atoms with van der Waals surface area (Å²) in [7, 11) is 1.85. The zero-order valence-corrected chi connectivity index (χ0v) is 15.8. The van der Waals surface area contributed by atoms with Crippen LogP contribution in [0.1, 0.15) is 32.6 Å². The highest BCUT2D eigenvalue weighted by Gasteiger charge is 2.29. The molecular weight excluding hydrogens is 340 g/mol. The second-order valence-corrected chi connectivity index (χ2v) is 6.82. The van der Waals surface area contributed by atoms with Gasteiger partial charge in [0, 0.05) is 44.2 Å². The Balaban J connectivity index is 0.00000225. The number of aromatic nitrogens is 2. The Kier molecular flexibility index (Phi) is 7.25. The van der Waals surface area contributed by atoms with E-state index in [1.807, 2.05) is 13.1 Å². The van der Waals surface area contributed by atoms with Gasteiger partial charge in [0.25, 0.3) is 0 Å². The summed E-state index contributed by atoms with van der Waals surface area (Å²) in [6.45, 7) is 4.75. The van der Waals surface area contributed by atoms with Crippen molar-refractivity contribution in [3.63, 3.8) is 0 Å². The molecule has 2 aliphatic rings. The zero-order valence-electron chi connectivity index (χ0n) is 15.0. The Morgan fingerprint density at radius 1 is 1.40 bits per heavy atom. The lowest BCUT2D eigenvalue weighted by molar-refractivity contribution is -0.126. The molecule has 1 amide bonds. The van der Waals surface area contributed by atoms with Crippen LogP contribution in [-0.2, 0) is 4.79 Å². The van der Waals surface area contributed by atoms with Crippen LogP contribution in [0, 0.1) is 5.92 Å². The van der Waals surface area contributed by atoms with Crippen molar-refractivity contribution < 1.29 is 4.79 Å². The second kappa shape index (κ2) is 9.20. The lowest BCUT2D eigenvalue weighted by atomic mass is 9.92. The third kappa shape index (κ3) is 4.95. The van der Waals surface area contributed by atoms with Crippen molar-refractivity contribution in [3.05, 3.63) is 12.4 Å². The molecule has 0 bridgehead atoms. The molecule has 7 nitrogen and oxygen atoms in total. The number of hydrogen-bond acceptors (Lipinski definition) is 6. The van der Waals surface area contributed by atoms with Gasteiger partial charge in [0.2, 0.25) is 5.91 Å². The summed E-state index contributed by atoms with van der Waals surface area (Å²) in [6, 6.07) is 2.71. The average Bonchev–Trinajstić information content (AvgIpc) is 3.08. The van der Waals surface area contributed by atoms with E-state index in [1.165, 1.54) is 0 Å². The van der Waals surface area contributed by atoms with Crippen LogP contribution in [0.5, 0.6) is 0 Å². The smallest absolute Gasteiger partial charge is 0.223 e. The van der Waals surface area contributed by atoms with Crippen molar-refractivity contribution in [1.82, 2.24) is 20.6 Å². The monoisotopic (exact) mass is 368 g/mol. The van der Waals surface area contributed by atoms with Crippen molar-refractivity contribution in [3.8, 4) is 0 Å². The van der Waals surface area contributed by atoms with Gasteiger partial charge in [-0.25, -0.2) is 9.97 Å². The third-order valence-electron chi connectivity index (χ3n) is 5.09. The molecule has 0 spiro atoms. The first-order valence-corrected chi connectivity index (χ1v) is 8.95. The summed E-state index contributed by atoms with van der Waals surface area (Å²) >= 11 is 0. The van der Waals surface area contributed by atoms with Gasteiger partial charge in [-0.05, 0) is 39.2 Å². The molecule has 0 aliphatic carbocycles. The molecule has 0 saturated carbocycles. The van der Waals surface area contributed by atoms with E-state index in [9.17, 15) is 4.79 Å². The standard InChI is InChI=1S/C17H28N6O.ClH/c1-12-8-13(5-6-19-12)17(24)20-10-14-4-3-7-23(14)16-9-15(18-2)21-11-22-16;/h9,11-14,19H,3-8,10H2,1-2H3,(H,20,24)(H,18,21,22);1H/t12-,13-,14?;/m0./s1. The quantitative estimate of drug-likeness (QED) is 0.729. The molecule has 3 N–H and O–H groups in total. The van der Waals surface area contributed by atoms with Crippen LogP contribution in [0.3, 0.4) is 0 Å². The van der Waals surface area contributed by atoms with Gasteiger partial charge < -0.3 is 20.9 Å². The van der Waals surface area contributed by atoms with Crippen molar-refractivity contribution in [2.24, 2.45) is 5.92 Å². The van der Waals surface area contributed by atoms with E-state index in [0.29, 0.717) is 18.6 Å². The molecule has 3 rings (SSSR count). The van der Waals surface area contributed by atoms with Crippen LogP contribution in [0.15, 0.2) is 12.4 Å². The SMILES string of the molecule is CNc1cc(N2CCCC2CNC(=O)[C@H]2CCN[C@@H](C)C2)ncn1.Cl. The third-order valence-corrected chi connectivity index (χ3v) is 5.09. The topological polar surface area (TPSA) is 82.2 Å². The molecule has 2 saturated heterocycles. The molecule has 1 unspecified atom stereocenters. The van der Waals surface area contributed by atoms with E-state index in [1.54, 1.807) is 6.33 Å². The van der Waals surface area contributed by atoms with E-state index in [0.717, 1.165) is 50.4 Å². The highest BCUT2D eigenvalue weighted by atomic mass is 35.5. The molecule has 0 radical (unpaired) electrons. The molecule has 2 aliphatic heterocycles. The largest absolute Gasteiger partial charge is 0.373 e. The number of hydrogen-bond donors (Lipinski definition) is 3. The van der Waals surface area contributed by atoms with Crippen molar-refractivity contribution >= 4 is 29.9 Å². The van der Waals surface area contributed by atoms with Gasteiger partial charge in [-0.3, -0.25) is 4.79 Å². The van der Waals surface area contributed by atoms with Crippen molar-refractivity contribution in [2.45, 2.75) is 44.7 Å².